The molecule has 0 aromatic heterocycles. The van der Waals surface area contributed by atoms with E-state index in [4.69, 9.17) is 16.9 Å². The van der Waals surface area contributed by atoms with E-state index in [-0.39, 0.29) is 11.6 Å². The number of nitrogens with zero attached hydrogens (tertiary/aromatic N) is 1. The number of aryl methyl sites for hydroxylation is 1. The fraction of sp³-hybridized carbons (Fsp3) is 0.286. The molecule has 1 rings (SSSR count). The molecule has 0 aliphatic rings. The molecule has 0 saturated carbocycles. The van der Waals surface area contributed by atoms with Crippen molar-refractivity contribution in [3.63, 3.8) is 0 Å². The summed E-state index contributed by atoms with van der Waals surface area (Å²) in [6, 6.07) is 7.21. The Morgan fingerprint density at radius 3 is 2.68 bits per heavy atom. The second-order valence-corrected chi connectivity index (χ2v) is 4.82. The number of hydrogen-bond donors (Lipinski definition) is 2. The van der Waals surface area contributed by atoms with Gasteiger partial charge in [-0.2, -0.15) is 5.26 Å². The summed E-state index contributed by atoms with van der Waals surface area (Å²) in [6.45, 7) is 5.72. The smallest absolute Gasteiger partial charge is 0.267 e. The number of amides is 1. The van der Waals surface area contributed by atoms with E-state index < -0.39 is 5.91 Å². The van der Waals surface area contributed by atoms with Crippen LogP contribution < -0.4 is 10.6 Å². The molecule has 2 N–H and O–H groups in total. The maximum absolute atomic E-state index is 11.9. The average Bonchev–Trinajstić information content (AvgIpc) is 2.34. The summed E-state index contributed by atoms with van der Waals surface area (Å²) in [5.74, 6) is -0.462. The van der Waals surface area contributed by atoms with Crippen LogP contribution in [0.2, 0.25) is 5.02 Å². The molecule has 1 amide bonds. The van der Waals surface area contributed by atoms with Gasteiger partial charge in [0.05, 0.1) is 0 Å². The van der Waals surface area contributed by atoms with Crippen molar-refractivity contribution in [1.29, 1.82) is 5.26 Å². The third-order valence-electron chi connectivity index (χ3n) is 2.36. The lowest BCUT2D eigenvalue weighted by molar-refractivity contribution is -0.112. The molecule has 1 aromatic rings. The maximum atomic E-state index is 11.9. The van der Waals surface area contributed by atoms with Crippen molar-refractivity contribution in [2.24, 2.45) is 0 Å². The predicted molar refractivity (Wildman–Crippen MR) is 76.8 cm³/mol. The van der Waals surface area contributed by atoms with E-state index in [1.165, 1.54) is 6.20 Å². The van der Waals surface area contributed by atoms with Crippen LogP contribution >= 0.6 is 11.6 Å². The number of halogens is 1. The second-order valence-electron chi connectivity index (χ2n) is 4.41. The van der Waals surface area contributed by atoms with E-state index in [1.54, 1.807) is 18.2 Å². The molecule has 0 saturated heterocycles. The van der Waals surface area contributed by atoms with Crippen LogP contribution in [0.15, 0.2) is 30.0 Å². The summed E-state index contributed by atoms with van der Waals surface area (Å²) in [5.41, 5.74) is 1.51. The van der Waals surface area contributed by atoms with Crippen molar-refractivity contribution in [3.8, 4) is 6.07 Å². The summed E-state index contributed by atoms with van der Waals surface area (Å²) in [6.07, 6.45) is 1.41. The van der Waals surface area contributed by atoms with Crippen molar-refractivity contribution < 1.29 is 4.79 Å². The van der Waals surface area contributed by atoms with Crippen molar-refractivity contribution in [1.82, 2.24) is 5.32 Å². The molecule has 0 aliphatic heterocycles. The highest BCUT2D eigenvalue weighted by Gasteiger charge is 2.10. The van der Waals surface area contributed by atoms with Gasteiger partial charge in [-0.05, 0) is 38.5 Å². The number of rotatable bonds is 4. The summed E-state index contributed by atoms with van der Waals surface area (Å²) >= 11 is 5.97. The molecule has 0 heterocycles. The monoisotopic (exact) mass is 277 g/mol. The zero-order valence-electron chi connectivity index (χ0n) is 11.1. The molecule has 0 aliphatic carbocycles. The van der Waals surface area contributed by atoms with E-state index in [2.05, 4.69) is 10.6 Å². The molecular weight excluding hydrogens is 262 g/mol. The Labute approximate surface area is 118 Å². The number of carbonyl (C=O) groups excluding carboxylic acids is 1. The van der Waals surface area contributed by atoms with Gasteiger partial charge in [-0.1, -0.05) is 17.7 Å². The lowest BCUT2D eigenvalue weighted by atomic mass is 10.2. The molecule has 0 atom stereocenters. The first-order valence-electron chi connectivity index (χ1n) is 5.88. The summed E-state index contributed by atoms with van der Waals surface area (Å²) in [5, 5.41) is 15.1. The van der Waals surface area contributed by atoms with E-state index in [0.717, 1.165) is 5.56 Å². The molecule has 0 unspecified atom stereocenters. The lowest BCUT2D eigenvalue weighted by Gasteiger charge is -2.07. The van der Waals surface area contributed by atoms with Crippen molar-refractivity contribution in [2.45, 2.75) is 26.8 Å². The number of carbonyl (C=O) groups is 1. The third kappa shape index (κ3) is 4.65. The van der Waals surface area contributed by atoms with Gasteiger partial charge in [-0.15, -0.1) is 0 Å². The maximum Gasteiger partial charge on any atom is 0.267 e. The van der Waals surface area contributed by atoms with Gasteiger partial charge in [0, 0.05) is 23.0 Å². The topological polar surface area (TPSA) is 64.9 Å². The molecule has 100 valence electrons. The van der Waals surface area contributed by atoms with Gasteiger partial charge in [-0.3, -0.25) is 4.79 Å². The minimum atomic E-state index is -0.462. The molecule has 0 fully saturated rings. The molecule has 4 nitrogen and oxygen atoms in total. The Hall–Kier alpha value is -1.99. The van der Waals surface area contributed by atoms with Crippen molar-refractivity contribution in [3.05, 3.63) is 40.6 Å². The molecule has 0 spiro atoms. The molecule has 0 bridgehead atoms. The van der Waals surface area contributed by atoms with Gasteiger partial charge in [0.2, 0.25) is 0 Å². The molecule has 0 radical (unpaired) electrons. The lowest BCUT2D eigenvalue weighted by Crippen LogP contribution is -2.20. The summed E-state index contributed by atoms with van der Waals surface area (Å²) < 4.78 is 0. The molecule has 5 heteroatoms. The summed E-state index contributed by atoms with van der Waals surface area (Å²) in [7, 11) is 0. The van der Waals surface area contributed by atoms with E-state index in [9.17, 15) is 4.79 Å². The largest absolute Gasteiger partial charge is 0.387 e. The van der Waals surface area contributed by atoms with Crippen LogP contribution in [0.25, 0.3) is 0 Å². The number of anilines is 1. The Morgan fingerprint density at radius 1 is 1.47 bits per heavy atom. The van der Waals surface area contributed by atoms with E-state index in [1.807, 2.05) is 26.8 Å². The van der Waals surface area contributed by atoms with Crippen LogP contribution in [0.5, 0.6) is 0 Å². The van der Waals surface area contributed by atoms with Crippen LogP contribution in [-0.4, -0.2) is 11.9 Å². The van der Waals surface area contributed by atoms with Gasteiger partial charge >= 0.3 is 0 Å². The molecule has 19 heavy (non-hydrogen) atoms. The average molecular weight is 278 g/mol. The van der Waals surface area contributed by atoms with Crippen LogP contribution in [0.1, 0.15) is 19.4 Å². The van der Waals surface area contributed by atoms with Gasteiger partial charge in [-0.25, -0.2) is 0 Å². The standard InChI is InChI=1S/C14H16ClN3O/c1-9(2)17-8-11(7-16)14(19)18-12-5-4-10(3)13(15)6-12/h4-6,8-9,17H,1-3H3,(H,18,19)/b11-8-. The summed E-state index contributed by atoms with van der Waals surface area (Å²) in [4.78, 5) is 11.9. The van der Waals surface area contributed by atoms with Gasteiger partial charge in [0.25, 0.3) is 5.91 Å². The first kappa shape index (κ1) is 15.1. The molecular formula is C14H16ClN3O. The van der Waals surface area contributed by atoms with E-state index >= 15 is 0 Å². The number of hydrogen-bond acceptors (Lipinski definition) is 3. The van der Waals surface area contributed by atoms with Crippen LogP contribution in [-0.2, 0) is 4.79 Å². The highest BCUT2D eigenvalue weighted by Crippen LogP contribution is 2.20. The minimum Gasteiger partial charge on any atom is -0.387 e. The third-order valence-corrected chi connectivity index (χ3v) is 2.76. The highest BCUT2D eigenvalue weighted by molar-refractivity contribution is 6.31. The Kier molecular flexibility index (Phi) is 5.40. The Balaban J connectivity index is 2.80. The zero-order valence-corrected chi connectivity index (χ0v) is 11.9. The SMILES string of the molecule is Cc1ccc(NC(=O)/C(C#N)=C\NC(C)C)cc1Cl. The van der Waals surface area contributed by atoms with Gasteiger partial charge < -0.3 is 10.6 Å². The fourth-order valence-corrected chi connectivity index (χ4v) is 1.45. The van der Waals surface area contributed by atoms with Crippen molar-refractivity contribution in [2.75, 3.05) is 5.32 Å². The second kappa shape index (κ2) is 6.81. The van der Waals surface area contributed by atoms with Gasteiger partial charge in [0.15, 0.2) is 0 Å². The highest BCUT2D eigenvalue weighted by atomic mass is 35.5. The van der Waals surface area contributed by atoms with E-state index in [0.29, 0.717) is 10.7 Å². The van der Waals surface area contributed by atoms with Crippen molar-refractivity contribution >= 4 is 23.2 Å². The van der Waals surface area contributed by atoms with Crippen LogP contribution in [0.3, 0.4) is 0 Å². The number of nitrogens with one attached hydrogen (secondary N) is 2. The first-order chi connectivity index (χ1) is 8.93. The zero-order chi connectivity index (χ0) is 14.4. The van der Waals surface area contributed by atoms with Crippen LogP contribution in [0, 0.1) is 18.3 Å². The van der Waals surface area contributed by atoms with Crippen LogP contribution in [0.4, 0.5) is 5.69 Å². The number of benzene rings is 1. The molecule has 1 aromatic carbocycles. The Morgan fingerprint density at radius 2 is 2.16 bits per heavy atom. The predicted octanol–water partition coefficient (Wildman–Crippen LogP) is 2.99. The quantitative estimate of drug-likeness (QED) is 0.657. The normalized spacial score (nSPS) is 11.1. The Bertz CT molecular complexity index is 544. The number of nitriles is 1. The fourth-order valence-electron chi connectivity index (χ4n) is 1.27. The minimum absolute atomic E-state index is 0.0189. The first-order valence-corrected chi connectivity index (χ1v) is 6.25. The van der Waals surface area contributed by atoms with Gasteiger partial charge in [0.1, 0.15) is 11.6 Å².